The van der Waals surface area contributed by atoms with Crippen LogP contribution in [0.15, 0.2) is 29.2 Å². The van der Waals surface area contributed by atoms with Gasteiger partial charge in [-0.15, -0.1) is 0 Å². The minimum Gasteiger partial charge on any atom is -0.353 e. The molecule has 1 amide bonds. The number of amides is 1. The largest absolute Gasteiger partial charge is 0.353 e. The van der Waals surface area contributed by atoms with Crippen molar-refractivity contribution >= 4 is 16.7 Å². The van der Waals surface area contributed by atoms with Crippen LogP contribution in [0.3, 0.4) is 0 Å². The van der Waals surface area contributed by atoms with Gasteiger partial charge in [0.1, 0.15) is 11.1 Å². The molecule has 0 aliphatic heterocycles. The van der Waals surface area contributed by atoms with Gasteiger partial charge in [0, 0.05) is 6.04 Å². The quantitative estimate of drug-likeness (QED) is 0.892. The molecule has 1 rings (SSSR count). The zero-order valence-electron chi connectivity index (χ0n) is 10.8. The lowest BCUT2D eigenvalue weighted by molar-refractivity contribution is -0.120. The molecule has 3 unspecified atom stereocenters. The first kappa shape index (κ1) is 14.8. The van der Waals surface area contributed by atoms with Crippen LogP contribution in [-0.4, -0.2) is 21.4 Å². The van der Waals surface area contributed by atoms with Crippen LogP contribution < -0.4 is 5.32 Å². The fourth-order valence-corrected chi connectivity index (χ4v) is 2.47. The molecule has 0 radical (unpaired) electrons. The summed E-state index contributed by atoms with van der Waals surface area (Å²) in [6.07, 6.45) is 0.796. The van der Waals surface area contributed by atoms with Crippen LogP contribution in [-0.2, 0) is 15.6 Å². The predicted molar refractivity (Wildman–Crippen MR) is 70.2 cm³/mol. The summed E-state index contributed by atoms with van der Waals surface area (Å²) in [5.74, 6) is -0.857. The summed E-state index contributed by atoms with van der Waals surface area (Å²) in [4.78, 5) is 11.9. The van der Waals surface area contributed by atoms with Gasteiger partial charge < -0.3 is 5.32 Å². The first-order chi connectivity index (χ1) is 8.47. The Morgan fingerprint density at radius 1 is 1.39 bits per heavy atom. The van der Waals surface area contributed by atoms with Gasteiger partial charge in [0.05, 0.1) is 15.7 Å². The number of carbonyl (C=O) groups is 1. The molecule has 100 valence electrons. The van der Waals surface area contributed by atoms with Gasteiger partial charge in [0.15, 0.2) is 0 Å². The summed E-state index contributed by atoms with van der Waals surface area (Å²) in [6.45, 7) is 5.36. The van der Waals surface area contributed by atoms with E-state index in [1.165, 1.54) is 18.2 Å². The predicted octanol–water partition coefficient (Wildman–Crippen LogP) is 2.24. The average Bonchev–Trinajstić information content (AvgIpc) is 2.37. The van der Waals surface area contributed by atoms with Gasteiger partial charge in [-0.3, -0.25) is 9.00 Å². The second-order valence-electron chi connectivity index (χ2n) is 4.19. The Kier molecular flexibility index (Phi) is 5.47. The molecule has 5 heteroatoms. The maximum atomic E-state index is 13.5. The number of rotatable bonds is 5. The van der Waals surface area contributed by atoms with Crippen molar-refractivity contribution in [3.63, 3.8) is 0 Å². The highest BCUT2D eigenvalue weighted by Crippen LogP contribution is 2.15. The van der Waals surface area contributed by atoms with E-state index in [2.05, 4.69) is 5.32 Å². The van der Waals surface area contributed by atoms with Gasteiger partial charge in [-0.2, -0.15) is 0 Å². The SMILES string of the molecule is CCC(C)NC(=O)C(C)S(=O)c1ccccc1F. The second-order valence-corrected chi connectivity index (χ2v) is 5.93. The lowest BCUT2D eigenvalue weighted by atomic mass is 10.2. The van der Waals surface area contributed by atoms with E-state index in [0.717, 1.165) is 6.42 Å². The third-order valence-corrected chi connectivity index (χ3v) is 4.37. The fourth-order valence-electron chi connectivity index (χ4n) is 1.36. The summed E-state index contributed by atoms with van der Waals surface area (Å²) in [6, 6.07) is 5.85. The number of nitrogens with one attached hydrogen (secondary N) is 1. The Hall–Kier alpha value is -1.23. The number of hydrogen-bond donors (Lipinski definition) is 1. The maximum absolute atomic E-state index is 13.5. The van der Waals surface area contributed by atoms with E-state index in [4.69, 9.17) is 0 Å². The smallest absolute Gasteiger partial charge is 0.236 e. The van der Waals surface area contributed by atoms with Crippen molar-refractivity contribution in [2.24, 2.45) is 0 Å². The molecule has 1 aromatic carbocycles. The van der Waals surface area contributed by atoms with Crippen molar-refractivity contribution < 1.29 is 13.4 Å². The zero-order valence-corrected chi connectivity index (χ0v) is 11.6. The van der Waals surface area contributed by atoms with Gasteiger partial charge in [-0.25, -0.2) is 4.39 Å². The highest BCUT2D eigenvalue weighted by molar-refractivity contribution is 7.86. The highest BCUT2D eigenvalue weighted by Gasteiger charge is 2.24. The van der Waals surface area contributed by atoms with Gasteiger partial charge in [-0.1, -0.05) is 19.1 Å². The molecule has 0 spiro atoms. The molecular weight excluding hydrogens is 253 g/mol. The van der Waals surface area contributed by atoms with Crippen molar-refractivity contribution in [1.82, 2.24) is 5.32 Å². The first-order valence-corrected chi connectivity index (χ1v) is 7.14. The zero-order chi connectivity index (χ0) is 13.7. The molecule has 3 nitrogen and oxygen atoms in total. The molecule has 0 saturated carbocycles. The van der Waals surface area contributed by atoms with E-state index in [0.29, 0.717) is 0 Å². The molecule has 18 heavy (non-hydrogen) atoms. The van der Waals surface area contributed by atoms with Crippen molar-refractivity contribution in [3.05, 3.63) is 30.1 Å². The monoisotopic (exact) mass is 271 g/mol. The van der Waals surface area contributed by atoms with E-state index in [1.807, 2.05) is 13.8 Å². The molecule has 0 bridgehead atoms. The van der Waals surface area contributed by atoms with Crippen LogP contribution >= 0.6 is 0 Å². The molecule has 0 aliphatic rings. The summed E-state index contributed by atoms with van der Waals surface area (Å²) in [5.41, 5.74) is 0. The van der Waals surface area contributed by atoms with Crippen LogP contribution in [0.4, 0.5) is 4.39 Å². The van der Waals surface area contributed by atoms with E-state index in [1.54, 1.807) is 13.0 Å². The molecule has 0 saturated heterocycles. The van der Waals surface area contributed by atoms with Crippen molar-refractivity contribution in [3.8, 4) is 0 Å². The van der Waals surface area contributed by atoms with Crippen LogP contribution in [0.5, 0.6) is 0 Å². The summed E-state index contributed by atoms with van der Waals surface area (Å²) in [7, 11) is -1.68. The van der Waals surface area contributed by atoms with Crippen LogP contribution in [0, 0.1) is 5.82 Å². The molecule has 1 aromatic rings. The second kappa shape index (κ2) is 6.64. The lowest BCUT2D eigenvalue weighted by Gasteiger charge is -2.16. The molecule has 0 heterocycles. The number of halogens is 1. The topological polar surface area (TPSA) is 46.2 Å². The van der Waals surface area contributed by atoms with Crippen molar-refractivity contribution in [2.45, 2.75) is 43.4 Å². The highest BCUT2D eigenvalue weighted by atomic mass is 32.2. The average molecular weight is 271 g/mol. The van der Waals surface area contributed by atoms with E-state index >= 15 is 0 Å². The Morgan fingerprint density at radius 2 is 2.00 bits per heavy atom. The summed E-state index contributed by atoms with van der Waals surface area (Å²) < 4.78 is 25.6. The Bertz CT molecular complexity index is 450. The van der Waals surface area contributed by atoms with Gasteiger partial charge >= 0.3 is 0 Å². The molecular formula is C13H18FNO2S. The number of carbonyl (C=O) groups excluding carboxylic acids is 1. The Labute approximate surface area is 109 Å². The number of hydrogen-bond acceptors (Lipinski definition) is 2. The standard InChI is InChI=1S/C13H18FNO2S/c1-4-9(2)15-13(16)10(3)18(17)12-8-6-5-7-11(12)14/h5-10H,4H2,1-3H3,(H,15,16). The molecule has 0 aliphatic carbocycles. The molecule has 1 N–H and O–H groups in total. The van der Waals surface area contributed by atoms with Gasteiger partial charge in [-0.05, 0) is 32.4 Å². The number of benzene rings is 1. The third-order valence-electron chi connectivity index (χ3n) is 2.74. The fraction of sp³-hybridized carbons (Fsp3) is 0.462. The van der Waals surface area contributed by atoms with Gasteiger partial charge in [0.2, 0.25) is 5.91 Å². The summed E-state index contributed by atoms with van der Waals surface area (Å²) >= 11 is 0. The van der Waals surface area contributed by atoms with E-state index in [9.17, 15) is 13.4 Å². The van der Waals surface area contributed by atoms with Gasteiger partial charge in [0.25, 0.3) is 0 Å². The molecule has 3 atom stereocenters. The Morgan fingerprint density at radius 3 is 2.56 bits per heavy atom. The minimum absolute atomic E-state index is 0.0255. The summed E-state index contributed by atoms with van der Waals surface area (Å²) in [5, 5.41) is 1.98. The normalized spacial score (nSPS) is 15.8. The Balaban J connectivity index is 2.79. The minimum atomic E-state index is -1.68. The van der Waals surface area contributed by atoms with Crippen LogP contribution in [0.2, 0.25) is 0 Å². The van der Waals surface area contributed by atoms with Crippen molar-refractivity contribution in [2.75, 3.05) is 0 Å². The van der Waals surface area contributed by atoms with E-state index in [-0.39, 0.29) is 16.8 Å². The lowest BCUT2D eigenvalue weighted by Crippen LogP contribution is -2.40. The molecule has 0 aromatic heterocycles. The van der Waals surface area contributed by atoms with Crippen LogP contribution in [0.25, 0.3) is 0 Å². The van der Waals surface area contributed by atoms with E-state index < -0.39 is 21.9 Å². The maximum Gasteiger partial charge on any atom is 0.236 e. The first-order valence-electron chi connectivity index (χ1n) is 5.92. The molecule has 0 fully saturated rings. The van der Waals surface area contributed by atoms with Crippen LogP contribution in [0.1, 0.15) is 27.2 Å². The van der Waals surface area contributed by atoms with Crippen molar-refractivity contribution in [1.29, 1.82) is 0 Å². The third kappa shape index (κ3) is 3.63.